The van der Waals surface area contributed by atoms with Gasteiger partial charge in [-0.3, -0.25) is 9.59 Å². The van der Waals surface area contributed by atoms with Crippen molar-refractivity contribution in [3.63, 3.8) is 0 Å². The van der Waals surface area contributed by atoms with Crippen LogP contribution in [0.15, 0.2) is 18.2 Å². The van der Waals surface area contributed by atoms with Gasteiger partial charge in [0.15, 0.2) is 0 Å². The van der Waals surface area contributed by atoms with E-state index >= 15 is 0 Å². The summed E-state index contributed by atoms with van der Waals surface area (Å²) in [6.07, 6.45) is 3.48. The molecule has 2 N–H and O–H groups in total. The predicted octanol–water partition coefficient (Wildman–Crippen LogP) is 4.36. The van der Waals surface area contributed by atoms with Gasteiger partial charge in [0.2, 0.25) is 0 Å². The third-order valence-electron chi connectivity index (χ3n) is 6.76. The Hall–Kier alpha value is -1.84. The van der Waals surface area contributed by atoms with E-state index in [2.05, 4.69) is 39.0 Å². The quantitative estimate of drug-likeness (QED) is 0.851. The molecule has 0 amide bonds. The highest BCUT2D eigenvalue weighted by molar-refractivity contribution is 5.82. The van der Waals surface area contributed by atoms with Crippen LogP contribution in [0, 0.1) is 11.3 Å². The summed E-state index contributed by atoms with van der Waals surface area (Å²) < 4.78 is 0. The van der Waals surface area contributed by atoms with Crippen LogP contribution in [0.3, 0.4) is 0 Å². The van der Waals surface area contributed by atoms with Crippen molar-refractivity contribution in [1.82, 2.24) is 0 Å². The van der Waals surface area contributed by atoms with Crippen molar-refractivity contribution in [2.24, 2.45) is 11.3 Å². The molecule has 0 aromatic heterocycles. The number of benzene rings is 1. The average Bonchev–Trinajstić information content (AvgIpc) is 2.53. The number of carbonyl (C=O) groups is 2. The van der Waals surface area contributed by atoms with Gasteiger partial charge in [-0.1, -0.05) is 45.4 Å². The van der Waals surface area contributed by atoms with Gasteiger partial charge in [0.1, 0.15) is 0 Å². The zero-order valence-electron chi connectivity index (χ0n) is 15.3. The maximum Gasteiger partial charge on any atom is 0.310 e. The molecule has 25 heavy (non-hydrogen) atoms. The van der Waals surface area contributed by atoms with Crippen LogP contribution in [0.1, 0.15) is 75.5 Å². The molecule has 4 heteroatoms. The van der Waals surface area contributed by atoms with Gasteiger partial charge in [0.25, 0.3) is 0 Å². The van der Waals surface area contributed by atoms with E-state index in [9.17, 15) is 19.8 Å². The van der Waals surface area contributed by atoms with Crippen molar-refractivity contribution in [3.05, 3.63) is 34.9 Å². The van der Waals surface area contributed by atoms with E-state index in [-0.39, 0.29) is 17.8 Å². The lowest BCUT2D eigenvalue weighted by atomic mass is 9.48. The molecule has 136 valence electrons. The Labute approximate surface area is 149 Å². The van der Waals surface area contributed by atoms with Gasteiger partial charge in [-0.25, -0.2) is 0 Å². The number of carboxylic acids is 2. The van der Waals surface area contributed by atoms with Crippen LogP contribution in [0.2, 0.25) is 0 Å². The molecule has 0 bridgehead atoms. The number of rotatable bonds is 4. The number of hydrogen-bond donors (Lipinski definition) is 2. The molecule has 1 saturated carbocycles. The molecule has 1 aromatic rings. The Morgan fingerprint density at radius 2 is 1.96 bits per heavy atom. The highest BCUT2D eigenvalue weighted by Gasteiger charge is 2.58. The molecule has 0 saturated heterocycles. The SMILES string of the molecule is CC(C)c1ccc2c(c1)CC[C@H]1[C@@](CC(=O)O)(C(=O)O)CCC[C@]21C. The summed E-state index contributed by atoms with van der Waals surface area (Å²) in [7, 11) is 0. The standard InChI is InChI=1S/C21H28O4/c1-13(2)14-5-7-16-15(11-14)6-8-17-20(16,3)9-4-10-21(17,19(24)25)12-18(22)23/h5,7,11,13,17H,4,6,8-10,12H2,1-3H3,(H,22,23)(H,24,25)/t17-,20-,21-/m1/s1. The molecule has 2 aliphatic rings. The summed E-state index contributed by atoms with van der Waals surface area (Å²) in [4.78, 5) is 23.7. The molecule has 1 fully saturated rings. The highest BCUT2D eigenvalue weighted by Crippen LogP contribution is 2.58. The molecule has 4 nitrogen and oxygen atoms in total. The summed E-state index contributed by atoms with van der Waals surface area (Å²) >= 11 is 0. The van der Waals surface area contributed by atoms with Crippen molar-refractivity contribution in [2.45, 2.75) is 70.6 Å². The van der Waals surface area contributed by atoms with Gasteiger partial charge in [-0.15, -0.1) is 0 Å². The normalized spacial score (nSPS) is 31.3. The van der Waals surface area contributed by atoms with Crippen molar-refractivity contribution in [2.75, 3.05) is 0 Å². The maximum atomic E-state index is 12.2. The van der Waals surface area contributed by atoms with E-state index in [4.69, 9.17) is 0 Å². The lowest BCUT2D eigenvalue weighted by molar-refractivity contribution is -0.166. The fourth-order valence-electron chi connectivity index (χ4n) is 5.50. The van der Waals surface area contributed by atoms with Gasteiger partial charge in [-0.2, -0.15) is 0 Å². The highest BCUT2D eigenvalue weighted by atomic mass is 16.4. The molecule has 0 radical (unpaired) electrons. The van der Waals surface area contributed by atoms with Crippen molar-refractivity contribution >= 4 is 11.9 Å². The first kappa shape index (κ1) is 18.0. The van der Waals surface area contributed by atoms with Crippen LogP contribution < -0.4 is 0 Å². The third-order valence-corrected chi connectivity index (χ3v) is 6.76. The second kappa shape index (κ2) is 6.15. The number of aryl methyl sites for hydroxylation is 1. The van der Waals surface area contributed by atoms with E-state index in [1.165, 1.54) is 16.7 Å². The van der Waals surface area contributed by atoms with E-state index in [0.29, 0.717) is 12.3 Å². The molecular weight excluding hydrogens is 316 g/mol. The zero-order valence-corrected chi connectivity index (χ0v) is 15.3. The van der Waals surface area contributed by atoms with Crippen LogP contribution in [-0.2, 0) is 21.4 Å². The number of carboxylic acid groups (broad SMARTS) is 2. The predicted molar refractivity (Wildman–Crippen MR) is 95.9 cm³/mol. The van der Waals surface area contributed by atoms with E-state index in [0.717, 1.165) is 25.7 Å². The summed E-state index contributed by atoms with van der Waals surface area (Å²) in [5.41, 5.74) is 2.47. The Balaban J connectivity index is 2.09. The minimum atomic E-state index is -1.15. The van der Waals surface area contributed by atoms with Gasteiger partial charge < -0.3 is 10.2 Å². The van der Waals surface area contributed by atoms with Crippen LogP contribution in [-0.4, -0.2) is 22.2 Å². The third kappa shape index (κ3) is 2.76. The smallest absolute Gasteiger partial charge is 0.310 e. The molecular formula is C21H28O4. The molecule has 3 atom stereocenters. The second-order valence-electron chi connectivity index (χ2n) is 8.47. The van der Waals surface area contributed by atoms with Crippen LogP contribution in [0.25, 0.3) is 0 Å². The van der Waals surface area contributed by atoms with E-state index in [1.807, 2.05) is 0 Å². The first-order chi connectivity index (χ1) is 11.7. The van der Waals surface area contributed by atoms with Crippen molar-refractivity contribution in [1.29, 1.82) is 0 Å². The summed E-state index contributed by atoms with van der Waals surface area (Å²) in [6, 6.07) is 6.61. The first-order valence-corrected chi connectivity index (χ1v) is 9.29. The fraction of sp³-hybridized carbons (Fsp3) is 0.619. The maximum absolute atomic E-state index is 12.2. The first-order valence-electron chi connectivity index (χ1n) is 9.29. The van der Waals surface area contributed by atoms with Crippen molar-refractivity contribution < 1.29 is 19.8 Å². The fourth-order valence-corrected chi connectivity index (χ4v) is 5.50. The molecule has 0 aliphatic heterocycles. The molecule has 1 aromatic carbocycles. The minimum Gasteiger partial charge on any atom is -0.481 e. The molecule has 0 heterocycles. The van der Waals surface area contributed by atoms with E-state index in [1.54, 1.807) is 0 Å². The number of fused-ring (bicyclic) bond motifs is 3. The molecule has 3 rings (SSSR count). The Bertz CT molecular complexity index is 708. The summed E-state index contributed by atoms with van der Waals surface area (Å²) in [6.45, 7) is 6.51. The molecule has 2 aliphatic carbocycles. The molecule has 0 spiro atoms. The van der Waals surface area contributed by atoms with E-state index < -0.39 is 17.4 Å². The van der Waals surface area contributed by atoms with Gasteiger partial charge >= 0.3 is 11.9 Å². The monoisotopic (exact) mass is 344 g/mol. The lowest BCUT2D eigenvalue weighted by Gasteiger charge is -2.54. The Kier molecular flexibility index (Phi) is 4.42. The number of aliphatic carboxylic acids is 2. The van der Waals surface area contributed by atoms with Crippen LogP contribution in [0.4, 0.5) is 0 Å². The Morgan fingerprint density at radius 3 is 2.56 bits per heavy atom. The topological polar surface area (TPSA) is 74.6 Å². The van der Waals surface area contributed by atoms with Crippen LogP contribution in [0.5, 0.6) is 0 Å². The van der Waals surface area contributed by atoms with Crippen LogP contribution >= 0.6 is 0 Å². The van der Waals surface area contributed by atoms with Crippen molar-refractivity contribution in [3.8, 4) is 0 Å². The Morgan fingerprint density at radius 1 is 1.24 bits per heavy atom. The van der Waals surface area contributed by atoms with Gasteiger partial charge in [0.05, 0.1) is 11.8 Å². The van der Waals surface area contributed by atoms with Gasteiger partial charge in [-0.05, 0) is 59.6 Å². The summed E-state index contributed by atoms with van der Waals surface area (Å²) in [5.74, 6) is -1.60. The minimum absolute atomic E-state index is 0.125. The summed E-state index contributed by atoms with van der Waals surface area (Å²) in [5, 5.41) is 19.4. The zero-order chi connectivity index (χ0) is 18.4. The second-order valence-corrected chi connectivity index (χ2v) is 8.47. The lowest BCUT2D eigenvalue weighted by Crippen LogP contribution is -2.54. The largest absolute Gasteiger partial charge is 0.481 e. The average molecular weight is 344 g/mol. The molecule has 0 unspecified atom stereocenters. The number of hydrogen-bond acceptors (Lipinski definition) is 2. The van der Waals surface area contributed by atoms with Gasteiger partial charge in [0, 0.05) is 0 Å².